The first-order chi connectivity index (χ1) is 8.38. The molecule has 7 heteroatoms. The molecule has 0 saturated heterocycles. The molecule has 0 radical (unpaired) electrons. The summed E-state index contributed by atoms with van der Waals surface area (Å²) >= 11 is 5.66. The molecule has 96 valence electrons. The highest BCUT2D eigenvalue weighted by molar-refractivity contribution is 7.70. The van der Waals surface area contributed by atoms with Gasteiger partial charge >= 0.3 is 0 Å². The average molecular weight is 285 g/mol. The molecule has 0 saturated carbocycles. The van der Waals surface area contributed by atoms with E-state index in [1.54, 1.807) is 18.2 Å². The van der Waals surface area contributed by atoms with Crippen molar-refractivity contribution in [2.45, 2.75) is 6.29 Å². The lowest BCUT2D eigenvalue weighted by molar-refractivity contribution is 0.588. The summed E-state index contributed by atoms with van der Waals surface area (Å²) in [5.74, 6) is 0. The molecule has 18 heavy (non-hydrogen) atoms. The van der Waals surface area contributed by atoms with Crippen LogP contribution in [0.15, 0.2) is 34.3 Å². The fourth-order valence-corrected chi connectivity index (χ4v) is 2.60. The Kier molecular flexibility index (Phi) is 3.57. The quantitative estimate of drug-likeness (QED) is 0.663. The largest absolute Gasteiger partial charge is 0.319 e. The van der Waals surface area contributed by atoms with E-state index >= 15 is 0 Å². The van der Waals surface area contributed by atoms with Crippen LogP contribution in [0.1, 0.15) is 0 Å². The van der Waals surface area contributed by atoms with Gasteiger partial charge in [-0.15, -0.1) is 0 Å². The van der Waals surface area contributed by atoms with Gasteiger partial charge in [0.05, 0.1) is 0 Å². The molecule has 1 aromatic rings. The van der Waals surface area contributed by atoms with Gasteiger partial charge in [-0.3, -0.25) is 10.6 Å². The molecule has 0 bridgehead atoms. The van der Waals surface area contributed by atoms with E-state index in [0.717, 1.165) is 11.0 Å². The summed E-state index contributed by atoms with van der Waals surface area (Å²) in [5, 5.41) is 0.970. The number of aliphatic imine (C=N–C) groups is 2. The van der Waals surface area contributed by atoms with Gasteiger partial charge in [-0.1, -0.05) is 0 Å². The second-order valence-electron chi connectivity index (χ2n) is 4.33. The first kappa shape index (κ1) is 13.3. The van der Waals surface area contributed by atoms with Crippen LogP contribution in [-0.2, 0) is 4.57 Å². The highest BCUT2D eigenvalue weighted by Gasteiger charge is 2.17. The maximum atomic E-state index is 11.9. The monoisotopic (exact) mass is 284 g/mol. The van der Waals surface area contributed by atoms with Gasteiger partial charge in [-0.25, -0.2) is 9.98 Å². The summed E-state index contributed by atoms with van der Waals surface area (Å²) < 4.78 is 11.9. The molecule has 1 aliphatic rings. The van der Waals surface area contributed by atoms with Crippen LogP contribution in [-0.4, -0.2) is 31.3 Å². The maximum absolute atomic E-state index is 11.9. The van der Waals surface area contributed by atoms with E-state index < -0.39 is 13.4 Å². The van der Waals surface area contributed by atoms with Gasteiger partial charge < -0.3 is 4.57 Å². The van der Waals surface area contributed by atoms with Gasteiger partial charge in [0, 0.05) is 11.0 Å². The molecular weight excluding hydrogens is 271 g/mol. The normalized spacial score (nSPS) is 19.9. The number of rotatable bonds is 2. The lowest BCUT2D eigenvalue weighted by atomic mass is 10.3. The van der Waals surface area contributed by atoms with Crippen molar-refractivity contribution in [2.75, 3.05) is 18.2 Å². The summed E-state index contributed by atoms with van der Waals surface area (Å²) in [6.45, 7) is 3.47. The van der Waals surface area contributed by atoms with Gasteiger partial charge in [-0.05, 0) is 49.2 Å². The second-order valence-corrected chi connectivity index (χ2v) is 7.89. The Hall–Kier alpha value is -1.16. The molecule has 1 aromatic carbocycles. The van der Waals surface area contributed by atoms with Gasteiger partial charge in [-0.2, -0.15) is 0 Å². The zero-order valence-corrected chi connectivity index (χ0v) is 11.8. The Balaban J connectivity index is 2.26. The summed E-state index contributed by atoms with van der Waals surface area (Å²) in [6.07, 6.45) is 0.947. The highest BCUT2D eigenvalue weighted by atomic mass is 35.5. The number of hydrogen-bond donors (Lipinski definition) is 1. The maximum Gasteiger partial charge on any atom is 0.222 e. The lowest BCUT2D eigenvalue weighted by Crippen LogP contribution is -2.42. The topological polar surface area (TPSA) is 71.0 Å². The van der Waals surface area contributed by atoms with Crippen LogP contribution in [0.4, 0.5) is 5.69 Å². The first-order valence-corrected chi connectivity index (χ1v) is 8.33. The number of halogens is 1. The molecule has 2 rings (SSSR count). The third-order valence-electron chi connectivity index (χ3n) is 2.58. The van der Waals surface area contributed by atoms with Crippen molar-refractivity contribution in [2.24, 2.45) is 15.7 Å². The predicted octanol–water partition coefficient (Wildman–Crippen LogP) is 1.62. The molecule has 1 heterocycles. The molecule has 2 N–H and O–H groups in total. The SMILES string of the molecule is CP(C)(=O)c1ccc(N2C=NC(Cl)=NC2N)cc1. The Morgan fingerprint density at radius 2 is 1.94 bits per heavy atom. The van der Waals surface area contributed by atoms with Crippen LogP contribution in [0, 0.1) is 0 Å². The Bertz CT molecular complexity index is 549. The Morgan fingerprint density at radius 3 is 2.44 bits per heavy atom. The fourth-order valence-electron chi connectivity index (χ4n) is 1.59. The van der Waals surface area contributed by atoms with Crippen LogP contribution in [0.2, 0.25) is 0 Å². The predicted molar refractivity (Wildman–Crippen MR) is 77.8 cm³/mol. The van der Waals surface area contributed by atoms with Crippen LogP contribution in [0.5, 0.6) is 0 Å². The van der Waals surface area contributed by atoms with Crippen molar-refractivity contribution in [1.29, 1.82) is 0 Å². The van der Waals surface area contributed by atoms with E-state index in [-0.39, 0.29) is 5.29 Å². The lowest BCUT2D eigenvalue weighted by Gasteiger charge is -2.26. The minimum absolute atomic E-state index is 0.141. The molecule has 1 atom stereocenters. The third-order valence-corrected chi connectivity index (χ3v) is 4.32. The summed E-state index contributed by atoms with van der Waals surface area (Å²) in [7, 11) is -2.24. The fraction of sp³-hybridized carbons (Fsp3) is 0.273. The third kappa shape index (κ3) is 2.80. The van der Waals surface area contributed by atoms with Gasteiger partial charge in [0.1, 0.15) is 13.5 Å². The standard InChI is InChI=1S/C11H14ClN4OP/c1-18(2,17)9-5-3-8(4-6-9)16-7-14-10(12)15-11(16)13/h3-7,11H,13H2,1-2H3. The van der Waals surface area contributed by atoms with E-state index in [2.05, 4.69) is 9.98 Å². The van der Waals surface area contributed by atoms with Crippen molar-refractivity contribution < 1.29 is 4.57 Å². The smallest absolute Gasteiger partial charge is 0.222 e. The van der Waals surface area contributed by atoms with Gasteiger partial charge in [0.25, 0.3) is 0 Å². The number of benzene rings is 1. The van der Waals surface area contributed by atoms with Crippen LogP contribution < -0.4 is 15.9 Å². The Morgan fingerprint density at radius 1 is 1.33 bits per heavy atom. The van der Waals surface area contributed by atoms with Crippen LogP contribution >= 0.6 is 18.7 Å². The van der Waals surface area contributed by atoms with Crippen molar-refractivity contribution in [3.63, 3.8) is 0 Å². The van der Waals surface area contributed by atoms with Crippen molar-refractivity contribution >= 4 is 41.4 Å². The van der Waals surface area contributed by atoms with Crippen molar-refractivity contribution in [3.05, 3.63) is 24.3 Å². The van der Waals surface area contributed by atoms with E-state index in [9.17, 15) is 4.57 Å². The van der Waals surface area contributed by atoms with Gasteiger partial charge in [0.15, 0.2) is 6.29 Å². The first-order valence-electron chi connectivity index (χ1n) is 5.35. The van der Waals surface area contributed by atoms with E-state index in [1.165, 1.54) is 6.34 Å². The Labute approximate surface area is 111 Å². The zero-order chi connectivity index (χ0) is 13.3. The van der Waals surface area contributed by atoms with E-state index in [1.807, 2.05) is 24.3 Å². The summed E-state index contributed by atoms with van der Waals surface area (Å²) in [6, 6.07) is 7.35. The number of anilines is 1. The molecule has 5 nitrogen and oxygen atoms in total. The second kappa shape index (κ2) is 4.84. The van der Waals surface area contributed by atoms with Crippen LogP contribution in [0.3, 0.4) is 0 Å². The van der Waals surface area contributed by atoms with Crippen molar-refractivity contribution in [3.8, 4) is 0 Å². The summed E-state index contributed by atoms with van der Waals surface area (Å²) in [4.78, 5) is 9.52. The molecule has 0 aromatic heterocycles. The number of amidine groups is 1. The molecular formula is C11H14ClN4OP. The van der Waals surface area contributed by atoms with Crippen molar-refractivity contribution in [1.82, 2.24) is 0 Å². The van der Waals surface area contributed by atoms with E-state index in [0.29, 0.717) is 0 Å². The number of hydrogen-bond acceptors (Lipinski definition) is 5. The zero-order valence-electron chi connectivity index (χ0n) is 10.1. The molecule has 0 spiro atoms. The molecule has 0 amide bonds. The number of nitrogens with zero attached hydrogens (tertiary/aromatic N) is 3. The molecule has 0 fully saturated rings. The minimum atomic E-state index is -2.24. The van der Waals surface area contributed by atoms with Crippen LogP contribution in [0.25, 0.3) is 0 Å². The molecule has 0 aliphatic carbocycles. The minimum Gasteiger partial charge on any atom is -0.319 e. The molecule has 1 unspecified atom stereocenters. The average Bonchev–Trinajstić information content (AvgIpc) is 2.28. The van der Waals surface area contributed by atoms with Gasteiger partial charge in [0.2, 0.25) is 5.29 Å². The summed E-state index contributed by atoms with van der Waals surface area (Å²) in [5.41, 5.74) is 6.66. The van der Waals surface area contributed by atoms with E-state index in [4.69, 9.17) is 17.3 Å². The molecule has 1 aliphatic heterocycles. The highest BCUT2D eigenvalue weighted by Crippen LogP contribution is 2.34. The number of nitrogens with two attached hydrogens (primary N) is 1.